The van der Waals surface area contributed by atoms with Crippen LogP contribution in [0.5, 0.6) is 0 Å². The average molecular weight is 274 g/mol. The molecule has 104 valence electrons. The Labute approximate surface area is 107 Å². The maximum absolute atomic E-state index is 12.7. The van der Waals surface area contributed by atoms with Gasteiger partial charge in [0.05, 0.1) is 4.92 Å². The van der Waals surface area contributed by atoms with Crippen molar-refractivity contribution in [1.29, 1.82) is 0 Å². The van der Waals surface area contributed by atoms with E-state index in [2.05, 4.69) is 5.32 Å². The standard InChI is InChI=1S/C12H13F3N2O2/c1-8-9(3-2-4-10(8)17(18)19)7-16-11(5-6-11)12(13,14)15/h2-4,16H,5-7H2,1H3. The van der Waals surface area contributed by atoms with Gasteiger partial charge in [-0.25, -0.2) is 0 Å². The van der Waals surface area contributed by atoms with Crippen LogP contribution in [0.1, 0.15) is 24.0 Å². The molecule has 0 atom stereocenters. The fourth-order valence-electron chi connectivity index (χ4n) is 2.01. The number of nitro groups is 1. The molecular formula is C12H13F3N2O2. The molecule has 4 nitrogen and oxygen atoms in total. The first-order chi connectivity index (χ1) is 8.77. The van der Waals surface area contributed by atoms with Crippen LogP contribution >= 0.6 is 0 Å². The van der Waals surface area contributed by atoms with Gasteiger partial charge in [-0.1, -0.05) is 12.1 Å². The molecule has 19 heavy (non-hydrogen) atoms. The quantitative estimate of drug-likeness (QED) is 0.678. The van der Waals surface area contributed by atoms with Crippen molar-refractivity contribution in [3.63, 3.8) is 0 Å². The number of halogens is 3. The van der Waals surface area contributed by atoms with Gasteiger partial charge in [-0.15, -0.1) is 0 Å². The van der Waals surface area contributed by atoms with E-state index in [0.29, 0.717) is 11.1 Å². The molecule has 0 radical (unpaired) electrons. The smallest absolute Gasteiger partial charge is 0.299 e. The fraction of sp³-hybridized carbons (Fsp3) is 0.500. The van der Waals surface area contributed by atoms with Crippen molar-refractivity contribution in [2.75, 3.05) is 0 Å². The Morgan fingerprint density at radius 1 is 1.42 bits per heavy atom. The molecule has 1 aliphatic carbocycles. The Hall–Kier alpha value is -1.63. The molecule has 0 bridgehead atoms. The normalized spacial score (nSPS) is 17.3. The van der Waals surface area contributed by atoms with Crippen LogP contribution in [0.25, 0.3) is 0 Å². The number of hydrogen-bond acceptors (Lipinski definition) is 3. The highest BCUT2D eigenvalue weighted by Gasteiger charge is 2.62. The molecule has 0 amide bonds. The summed E-state index contributed by atoms with van der Waals surface area (Å²) in [6, 6.07) is 4.42. The number of hydrogen-bond donors (Lipinski definition) is 1. The van der Waals surface area contributed by atoms with Crippen LogP contribution in [-0.2, 0) is 6.54 Å². The SMILES string of the molecule is Cc1c(CNC2(C(F)(F)F)CC2)cccc1[N+](=O)[O-]. The minimum absolute atomic E-state index is 0.0208. The summed E-state index contributed by atoms with van der Waals surface area (Å²) in [6.07, 6.45) is -4.16. The van der Waals surface area contributed by atoms with Gasteiger partial charge < -0.3 is 0 Å². The first kappa shape index (κ1) is 13.8. The van der Waals surface area contributed by atoms with E-state index in [9.17, 15) is 23.3 Å². The van der Waals surface area contributed by atoms with E-state index in [-0.39, 0.29) is 25.1 Å². The first-order valence-electron chi connectivity index (χ1n) is 5.81. The summed E-state index contributed by atoms with van der Waals surface area (Å²) in [5.74, 6) is 0. The second-order valence-electron chi connectivity index (χ2n) is 4.75. The van der Waals surface area contributed by atoms with Gasteiger partial charge in [-0.05, 0) is 25.3 Å². The minimum atomic E-state index is -4.28. The average Bonchev–Trinajstić information content (AvgIpc) is 3.07. The summed E-state index contributed by atoms with van der Waals surface area (Å²) in [5.41, 5.74) is -0.955. The monoisotopic (exact) mass is 274 g/mol. The van der Waals surface area contributed by atoms with Crippen LogP contribution in [0.15, 0.2) is 18.2 Å². The topological polar surface area (TPSA) is 55.2 Å². The van der Waals surface area contributed by atoms with E-state index in [1.54, 1.807) is 13.0 Å². The molecule has 1 fully saturated rings. The first-order valence-corrected chi connectivity index (χ1v) is 5.81. The zero-order chi connectivity index (χ0) is 14.3. The second kappa shape index (κ2) is 4.48. The summed E-state index contributed by atoms with van der Waals surface area (Å²) >= 11 is 0. The third-order valence-corrected chi connectivity index (χ3v) is 3.52. The maximum Gasteiger partial charge on any atom is 0.406 e. The van der Waals surface area contributed by atoms with Crippen LogP contribution < -0.4 is 5.32 Å². The van der Waals surface area contributed by atoms with Crippen molar-refractivity contribution in [3.8, 4) is 0 Å². The zero-order valence-electron chi connectivity index (χ0n) is 10.3. The summed E-state index contributed by atoms with van der Waals surface area (Å²) in [4.78, 5) is 10.2. The number of nitrogens with zero attached hydrogens (tertiary/aromatic N) is 1. The Balaban J connectivity index is 2.13. The third kappa shape index (κ3) is 2.56. The molecule has 1 aromatic carbocycles. The molecule has 0 spiro atoms. The number of rotatable bonds is 4. The molecule has 0 aliphatic heterocycles. The molecule has 0 saturated heterocycles. The number of nitro benzene ring substituents is 1. The van der Waals surface area contributed by atoms with Gasteiger partial charge in [0.15, 0.2) is 0 Å². The summed E-state index contributed by atoms with van der Waals surface area (Å²) in [6.45, 7) is 1.52. The lowest BCUT2D eigenvalue weighted by molar-refractivity contribution is -0.385. The molecule has 1 N–H and O–H groups in total. The molecular weight excluding hydrogens is 261 g/mol. The zero-order valence-corrected chi connectivity index (χ0v) is 10.3. The van der Waals surface area contributed by atoms with Crippen molar-refractivity contribution < 1.29 is 18.1 Å². The Morgan fingerprint density at radius 2 is 2.05 bits per heavy atom. The van der Waals surface area contributed by atoms with E-state index in [4.69, 9.17) is 0 Å². The van der Waals surface area contributed by atoms with Crippen molar-refractivity contribution in [3.05, 3.63) is 39.4 Å². The van der Waals surface area contributed by atoms with Crippen molar-refractivity contribution >= 4 is 5.69 Å². The highest BCUT2D eigenvalue weighted by atomic mass is 19.4. The van der Waals surface area contributed by atoms with Crippen molar-refractivity contribution in [2.45, 2.75) is 38.0 Å². The third-order valence-electron chi connectivity index (χ3n) is 3.52. The largest absolute Gasteiger partial charge is 0.406 e. The van der Waals surface area contributed by atoms with E-state index in [1.807, 2.05) is 0 Å². The van der Waals surface area contributed by atoms with E-state index in [0.717, 1.165) is 0 Å². The highest BCUT2D eigenvalue weighted by molar-refractivity contribution is 5.44. The maximum atomic E-state index is 12.7. The van der Waals surface area contributed by atoms with Gasteiger partial charge in [-0.2, -0.15) is 13.2 Å². The van der Waals surface area contributed by atoms with Gasteiger partial charge in [0, 0.05) is 18.2 Å². The van der Waals surface area contributed by atoms with Gasteiger partial charge in [-0.3, -0.25) is 15.4 Å². The minimum Gasteiger partial charge on any atom is -0.299 e. The Kier molecular flexibility index (Phi) is 3.25. The summed E-state index contributed by atoms with van der Waals surface area (Å²) in [5, 5.41) is 13.2. The van der Waals surface area contributed by atoms with Gasteiger partial charge in [0.2, 0.25) is 0 Å². The highest BCUT2D eigenvalue weighted by Crippen LogP contribution is 2.49. The molecule has 0 unspecified atom stereocenters. The molecule has 1 aliphatic rings. The lowest BCUT2D eigenvalue weighted by atomic mass is 10.1. The lowest BCUT2D eigenvalue weighted by Crippen LogP contribution is -2.44. The van der Waals surface area contributed by atoms with Crippen LogP contribution in [0.2, 0.25) is 0 Å². The fourth-order valence-corrected chi connectivity index (χ4v) is 2.01. The van der Waals surface area contributed by atoms with Gasteiger partial charge in [0.25, 0.3) is 5.69 Å². The predicted octanol–water partition coefficient (Wildman–Crippen LogP) is 3.09. The number of nitrogens with one attached hydrogen (secondary N) is 1. The molecule has 1 saturated carbocycles. The van der Waals surface area contributed by atoms with Gasteiger partial charge in [0.1, 0.15) is 5.54 Å². The number of alkyl halides is 3. The van der Waals surface area contributed by atoms with E-state index >= 15 is 0 Å². The van der Waals surface area contributed by atoms with Crippen LogP contribution in [-0.4, -0.2) is 16.6 Å². The Morgan fingerprint density at radius 3 is 2.53 bits per heavy atom. The van der Waals surface area contributed by atoms with Crippen LogP contribution in [0.3, 0.4) is 0 Å². The van der Waals surface area contributed by atoms with Crippen LogP contribution in [0.4, 0.5) is 18.9 Å². The van der Waals surface area contributed by atoms with Crippen molar-refractivity contribution in [2.24, 2.45) is 0 Å². The van der Waals surface area contributed by atoms with E-state index in [1.165, 1.54) is 12.1 Å². The molecule has 1 aromatic rings. The second-order valence-corrected chi connectivity index (χ2v) is 4.75. The van der Waals surface area contributed by atoms with Crippen LogP contribution in [0, 0.1) is 17.0 Å². The molecule has 0 aromatic heterocycles. The molecule has 7 heteroatoms. The molecule has 0 heterocycles. The van der Waals surface area contributed by atoms with Gasteiger partial charge >= 0.3 is 6.18 Å². The summed E-state index contributed by atoms with van der Waals surface area (Å²) in [7, 11) is 0. The lowest BCUT2D eigenvalue weighted by Gasteiger charge is -2.21. The predicted molar refractivity (Wildman–Crippen MR) is 62.7 cm³/mol. The van der Waals surface area contributed by atoms with Crippen molar-refractivity contribution in [1.82, 2.24) is 5.32 Å². The Bertz CT molecular complexity index is 510. The molecule has 2 rings (SSSR count). The summed E-state index contributed by atoms with van der Waals surface area (Å²) < 4.78 is 38.2. The number of benzene rings is 1. The van der Waals surface area contributed by atoms with E-state index < -0.39 is 16.6 Å².